The Labute approximate surface area is 191 Å². The van der Waals surface area contributed by atoms with Crippen LogP contribution in [0.1, 0.15) is 12.5 Å². The van der Waals surface area contributed by atoms with Gasteiger partial charge in [0.25, 0.3) is 0 Å². The second-order valence-electron chi connectivity index (χ2n) is 7.40. The lowest BCUT2D eigenvalue weighted by Crippen LogP contribution is -2.00. The van der Waals surface area contributed by atoms with Gasteiger partial charge >= 0.3 is 0 Å². The summed E-state index contributed by atoms with van der Waals surface area (Å²) in [5, 5.41) is 12.5. The van der Waals surface area contributed by atoms with Gasteiger partial charge in [-0.2, -0.15) is 0 Å². The molecule has 32 heavy (non-hydrogen) atoms. The van der Waals surface area contributed by atoms with Crippen molar-refractivity contribution >= 4 is 22.5 Å². The van der Waals surface area contributed by atoms with Crippen LogP contribution in [0.4, 0.5) is 0 Å². The Morgan fingerprint density at radius 3 is 2.31 bits per heavy atom. The van der Waals surface area contributed by atoms with Crippen LogP contribution in [0.2, 0.25) is 0 Å². The molecule has 1 heterocycles. The standard InChI is InChI=1S/C27H23N3OS/c1-2-31-25-16-14-24(15-17-25)30-26(22-9-4-3-5-10-22)28-29-27(30)32-19-20-12-13-21-8-6-7-11-23(21)18-20/h3-18H,2,19H2,1H3. The summed E-state index contributed by atoms with van der Waals surface area (Å²) in [7, 11) is 0. The molecule has 1 aromatic heterocycles. The van der Waals surface area contributed by atoms with Crippen LogP contribution in [0, 0.1) is 0 Å². The van der Waals surface area contributed by atoms with Crippen molar-refractivity contribution in [3.05, 3.63) is 103 Å². The second-order valence-corrected chi connectivity index (χ2v) is 8.35. The first-order valence-electron chi connectivity index (χ1n) is 10.7. The molecule has 0 aliphatic carbocycles. The maximum absolute atomic E-state index is 5.62. The summed E-state index contributed by atoms with van der Waals surface area (Å²) in [5.74, 6) is 2.50. The number of nitrogens with zero attached hydrogens (tertiary/aromatic N) is 3. The smallest absolute Gasteiger partial charge is 0.196 e. The predicted octanol–water partition coefficient (Wildman–Crippen LogP) is 6.78. The minimum Gasteiger partial charge on any atom is -0.494 e. The molecule has 0 spiro atoms. The Kier molecular flexibility index (Phi) is 5.90. The first-order chi connectivity index (χ1) is 15.8. The Morgan fingerprint density at radius 1 is 0.781 bits per heavy atom. The molecule has 4 aromatic carbocycles. The highest BCUT2D eigenvalue weighted by atomic mass is 32.2. The molecule has 5 aromatic rings. The summed E-state index contributed by atoms with van der Waals surface area (Å²) in [4.78, 5) is 0. The van der Waals surface area contributed by atoms with Crippen LogP contribution in [0.15, 0.2) is 102 Å². The predicted molar refractivity (Wildman–Crippen MR) is 131 cm³/mol. The molecule has 0 amide bonds. The number of fused-ring (bicyclic) bond motifs is 1. The third kappa shape index (κ3) is 4.25. The zero-order valence-corrected chi connectivity index (χ0v) is 18.6. The summed E-state index contributed by atoms with van der Waals surface area (Å²) in [6.07, 6.45) is 0. The first-order valence-corrected chi connectivity index (χ1v) is 11.6. The SMILES string of the molecule is CCOc1ccc(-n2c(SCc3ccc4ccccc4c3)nnc2-c2ccccc2)cc1. The van der Waals surface area contributed by atoms with Crippen molar-refractivity contribution in [1.82, 2.24) is 14.8 Å². The number of hydrogen-bond donors (Lipinski definition) is 0. The molecule has 0 fully saturated rings. The molecule has 0 aliphatic rings. The fourth-order valence-corrected chi connectivity index (χ4v) is 4.60. The highest BCUT2D eigenvalue weighted by molar-refractivity contribution is 7.98. The number of thioether (sulfide) groups is 1. The molecule has 0 saturated heterocycles. The fraction of sp³-hybridized carbons (Fsp3) is 0.111. The lowest BCUT2D eigenvalue weighted by atomic mass is 10.1. The zero-order chi connectivity index (χ0) is 21.8. The van der Waals surface area contributed by atoms with E-state index in [2.05, 4.69) is 81.5 Å². The molecule has 0 N–H and O–H groups in total. The third-order valence-corrected chi connectivity index (χ3v) is 6.25. The van der Waals surface area contributed by atoms with Crippen LogP contribution in [0.25, 0.3) is 27.8 Å². The van der Waals surface area contributed by atoms with Gasteiger partial charge in [-0.3, -0.25) is 4.57 Å². The van der Waals surface area contributed by atoms with E-state index in [9.17, 15) is 0 Å². The molecular formula is C27H23N3OS. The van der Waals surface area contributed by atoms with Gasteiger partial charge in [-0.1, -0.05) is 84.6 Å². The summed E-state index contributed by atoms with van der Waals surface area (Å²) >= 11 is 1.69. The number of ether oxygens (including phenoxy) is 1. The van der Waals surface area contributed by atoms with E-state index in [0.717, 1.165) is 33.7 Å². The number of hydrogen-bond acceptors (Lipinski definition) is 4. The molecule has 5 heteroatoms. The minimum atomic E-state index is 0.647. The summed E-state index contributed by atoms with van der Waals surface area (Å²) in [6, 6.07) is 33.3. The van der Waals surface area contributed by atoms with Crippen LogP contribution in [0.5, 0.6) is 5.75 Å². The average Bonchev–Trinajstić information content (AvgIpc) is 3.28. The molecule has 0 unspecified atom stereocenters. The van der Waals surface area contributed by atoms with Crippen LogP contribution in [-0.2, 0) is 5.75 Å². The molecule has 0 atom stereocenters. The minimum absolute atomic E-state index is 0.647. The first kappa shape index (κ1) is 20.3. The van der Waals surface area contributed by atoms with E-state index in [1.54, 1.807) is 11.8 Å². The van der Waals surface area contributed by atoms with Gasteiger partial charge in [-0.25, -0.2) is 0 Å². The van der Waals surface area contributed by atoms with Crippen molar-refractivity contribution in [2.24, 2.45) is 0 Å². The highest BCUT2D eigenvalue weighted by Crippen LogP contribution is 2.31. The van der Waals surface area contributed by atoms with Gasteiger partial charge in [0.2, 0.25) is 0 Å². The Hall–Kier alpha value is -3.57. The van der Waals surface area contributed by atoms with Crippen LogP contribution >= 0.6 is 11.8 Å². The second kappa shape index (κ2) is 9.28. The maximum atomic E-state index is 5.62. The van der Waals surface area contributed by atoms with E-state index < -0.39 is 0 Å². The number of rotatable bonds is 7. The normalized spacial score (nSPS) is 11.0. The number of aromatic nitrogens is 3. The van der Waals surface area contributed by atoms with E-state index in [1.165, 1.54) is 16.3 Å². The maximum Gasteiger partial charge on any atom is 0.196 e. The van der Waals surface area contributed by atoms with Crippen LogP contribution in [0.3, 0.4) is 0 Å². The van der Waals surface area contributed by atoms with Gasteiger partial charge in [0.15, 0.2) is 11.0 Å². The molecular weight excluding hydrogens is 414 g/mol. The highest BCUT2D eigenvalue weighted by Gasteiger charge is 2.16. The van der Waals surface area contributed by atoms with Crippen molar-refractivity contribution < 1.29 is 4.74 Å². The summed E-state index contributed by atoms with van der Waals surface area (Å²) in [6.45, 7) is 2.64. The van der Waals surface area contributed by atoms with Crippen molar-refractivity contribution in [2.45, 2.75) is 17.8 Å². The van der Waals surface area contributed by atoms with E-state index >= 15 is 0 Å². The summed E-state index contributed by atoms with van der Waals surface area (Å²) < 4.78 is 7.74. The van der Waals surface area contributed by atoms with Gasteiger partial charge in [0.05, 0.1) is 6.61 Å². The van der Waals surface area contributed by atoms with Crippen molar-refractivity contribution in [2.75, 3.05) is 6.61 Å². The Balaban J connectivity index is 1.49. The molecule has 5 rings (SSSR count). The van der Waals surface area contributed by atoms with E-state index in [1.807, 2.05) is 37.3 Å². The van der Waals surface area contributed by atoms with Gasteiger partial charge in [-0.05, 0) is 47.5 Å². The molecule has 0 saturated carbocycles. The van der Waals surface area contributed by atoms with Gasteiger partial charge in [0.1, 0.15) is 5.75 Å². The van der Waals surface area contributed by atoms with E-state index in [0.29, 0.717) is 6.61 Å². The van der Waals surface area contributed by atoms with Crippen molar-refractivity contribution in [1.29, 1.82) is 0 Å². The molecule has 0 bridgehead atoms. The molecule has 4 nitrogen and oxygen atoms in total. The lowest BCUT2D eigenvalue weighted by molar-refractivity contribution is 0.340. The van der Waals surface area contributed by atoms with E-state index in [4.69, 9.17) is 4.74 Å². The zero-order valence-electron chi connectivity index (χ0n) is 17.8. The largest absolute Gasteiger partial charge is 0.494 e. The topological polar surface area (TPSA) is 39.9 Å². The third-order valence-electron chi connectivity index (χ3n) is 5.25. The van der Waals surface area contributed by atoms with Crippen molar-refractivity contribution in [3.8, 4) is 22.8 Å². The Bertz CT molecular complexity index is 1330. The monoisotopic (exact) mass is 437 g/mol. The van der Waals surface area contributed by atoms with Gasteiger partial charge in [-0.15, -0.1) is 10.2 Å². The van der Waals surface area contributed by atoms with E-state index in [-0.39, 0.29) is 0 Å². The van der Waals surface area contributed by atoms with Gasteiger partial charge < -0.3 is 4.74 Å². The molecule has 0 aliphatic heterocycles. The summed E-state index contributed by atoms with van der Waals surface area (Å²) in [5.41, 5.74) is 3.31. The van der Waals surface area contributed by atoms with Crippen LogP contribution < -0.4 is 4.74 Å². The quantitative estimate of drug-likeness (QED) is 0.263. The lowest BCUT2D eigenvalue weighted by Gasteiger charge is -2.12. The Morgan fingerprint density at radius 2 is 1.53 bits per heavy atom. The molecule has 158 valence electrons. The number of benzene rings is 4. The van der Waals surface area contributed by atoms with Crippen LogP contribution in [-0.4, -0.2) is 21.4 Å². The fourth-order valence-electron chi connectivity index (χ4n) is 3.70. The van der Waals surface area contributed by atoms with Crippen molar-refractivity contribution in [3.63, 3.8) is 0 Å². The molecule has 0 radical (unpaired) electrons. The average molecular weight is 438 g/mol. The van der Waals surface area contributed by atoms with Gasteiger partial charge in [0, 0.05) is 17.0 Å².